The third-order valence-electron chi connectivity index (χ3n) is 3.04. The van der Waals surface area contributed by atoms with Gasteiger partial charge < -0.3 is 10.2 Å². The SMILES string of the molecule is CC(C)N(C(=O)CNc1ccccc1)c1ccccc1. The zero-order valence-electron chi connectivity index (χ0n) is 11.9. The molecule has 104 valence electrons. The molecule has 0 aliphatic rings. The van der Waals surface area contributed by atoms with Crippen LogP contribution in [0, 0.1) is 0 Å². The van der Waals surface area contributed by atoms with Crippen LogP contribution in [0.4, 0.5) is 11.4 Å². The molecule has 20 heavy (non-hydrogen) atoms. The van der Waals surface area contributed by atoms with E-state index in [2.05, 4.69) is 5.32 Å². The van der Waals surface area contributed by atoms with Crippen LogP contribution in [0.5, 0.6) is 0 Å². The number of nitrogens with zero attached hydrogens (tertiary/aromatic N) is 1. The lowest BCUT2D eigenvalue weighted by molar-refractivity contribution is -0.117. The number of hydrogen-bond acceptors (Lipinski definition) is 2. The smallest absolute Gasteiger partial charge is 0.246 e. The maximum Gasteiger partial charge on any atom is 0.246 e. The van der Waals surface area contributed by atoms with Crippen LogP contribution < -0.4 is 10.2 Å². The summed E-state index contributed by atoms with van der Waals surface area (Å²) in [7, 11) is 0. The van der Waals surface area contributed by atoms with E-state index in [1.54, 1.807) is 0 Å². The lowest BCUT2D eigenvalue weighted by atomic mass is 10.2. The van der Waals surface area contributed by atoms with Crippen molar-refractivity contribution in [1.29, 1.82) is 0 Å². The van der Waals surface area contributed by atoms with Gasteiger partial charge >= 0.3 is 0 Å². The van der Waals surface area contributed by atoms with Crippen LogP contribution in [0.2, 0.25) is 0 Å². The predicted molar refractivity (Wildman–Crippen MR) is 84.0 cm³/mol. The van der Waals surface area contributed by atoms with Crippen LogP contribution in [0.15, 0.2) is 60.7 Å². The molecule has 0 unspecified atom stereocenters. The molecule has 2 aromatic carbocycles. The Hall–Kier alpha value is -2.29. The van der Waals surface area contributed by atoms with Gasteiger partial charge in [0.1, 0.15) is 0 Å². The minimum atomic E-state index is 0.0649. The van der Waals surface area contributed by atoms with Crippen molar-refractivity contribution in [3.63, 3.8) is 0 Å². The molecule has 0 heterocycles. The van der Waals surface area contributed by atoms with Gasteiger partial charge in [-0.3, -0.25) is 4.79 Å². The molecule has 1 amide bonds. The number of anilines is 2. The van der Waals surface area contributed by atoms with E-state index < -0.39 is 0 Å². The first-order valence-electron chi connectivity index (χ1n) is 6.84. The molecule has 0 spiro atoms. The molecule has 3 nitrogen and oxygen atoms in total. The van der Waals surface area contributed by atoms with Crippen molar-refractivity contribution >= 4 is 17.3 Å². The lowest BCUT2D eigenvalue weighted by Crippen LogP contribution is -2.40. The van der Waals surface area contributed by atoms with Crippen molar-refractivity contribution in [1.82, 2.24) is 0 Å². The van der Waals surface area contributed by atoms with Gasteiger partial charge in [-0.2, -0.15) is 0 Å². The van der Waals surface area contributed by atoms with Crippen molar-refractivity contribution in [3.05, 3.63) is 60.7 Å². The molecule has 0 radical (unpaired) electrons. The van der Waals surface area contributed by atoms with Crippen LogP contribution in [-0.2, 0) is 4.79 Å². The summed E-state index contributed by atoms with van der Waals surface area (Å²) in [6.45, 7) is 4.33. The number of benzene rings is 2. The first kappa shape index (κ1) is 14.1. The summed E-state index contributed by atoms with van der Waals surface area (Å²) in [5.74, 6) is 0.0649. The molecule has 3 heteroatoms. The number of para-hydroxylation sites is 2. The zero-order chi connectivity index (χ0) is 14.4. The van der Waals surface area contributed by atoms with Gasteiger partial charge in [0.05, 0.1) is 6.54 Å². The number of rotatable bonds is 5. The van der Waals surface area contributed by atoms with Crippen molar-refractivity contribution < 1.29 is 4.79 Å². The average molecular weight is 268 g/mol. The van der Waals surface area contributed by atoms with Gasteiger partial charge in [0.25, 0.3) is 0 Å². The monoisotopic (exact) mass is 268 g/mol. The molecule has 0 bridgehead atoms. The second kappa shape index (κ2) is 6.75. The van der Waals surface area contributed by atoms with E-state index in [4.69, 9.17) is 0 Å². The topological polar surface area (TPSA) is 32.3 Å². The highest BCUT2D eigenvalue weighted by Gasteiger charge is 2.18. The lowest BCUT2D eigenvalue weighted by Gasteiger charge is -2.27. The molecule has 0 fully saturated rings. The Kier molecular flexibility index (Phi) is 4.77. The Morgan fingerprint density at radius 3 is 2.10 bits per heavy atom. The first-order valence-corrected chi connectivity index (χ1v) is 6.84. The van der Waals surface area contributed by atoms with Crippen LogP contribution in [0.1, 0.15) is 13.8 Å². The third kappa shape index (κ3) is 3.60. The van der Waals surface area contributed by atoms with Crippen LogP contribution in [0.25, 0.3) is 0 Å². The molecular weight excluding hydrogens is 248 g/mol. The Bertz CT molecular complexity index is 537. The maximum absolute atomic E-state index is 12.4. The molecule has 0 atom stereocenters. The fraction of sp³-hybridized carbons (Fsp3) is 0.235. The van der Waals surface area contributed by atoms with Gasteiger partial charge in [-0.05, 0) is 38.1 Å². The van der Waals surface area contributed by atoms with E-state index in [-0.39, 0.29) is 18.5 Å². The second-order valence-electron chi connectivity index (χ2n) is 4.91. The Labute approximate surface area is 120 Å². The fourth-order valence-corrected chi connectivity index (χ4v) is 2.14. The number of amides is 1. The number of carbonyl (C=O) groups excluding carboxylic acids is 1. The number of hydrogen-bond donors (Lipinski definition) is 1. The Morgan fingerprint density at radius 2 is 1.55 bits per heavy atom. The Morgan fingerprint density at radius 1 is 1.00 bits per heavy atom. The quantitative estimate of drug-likeness (QED) is 0.899. The highest BCUT2D eigenvalue weighted by atomic mass is 16.2. The van der Waals surface area contributed by atoms with Gasteiger partial charge in [0.15, 0.2) is 0 Å². The van der Waals surface area contributed by atoms with E-state index in [9.17, 15) is 4.79 Å². The van der Waals surface area contributed by atoms with Crippen molar-refractivity contribution in [2.24, 2.45) is 0 Å². The van der Waals surface area contributed by atoms with Gasteiger partial charge in [0.2, 0.25) is 5.91 Å². The van der Waals surface area contributed by atoms with Gasteiger partial charge in [-0.25, -0.2) is 0 Å². The van der Waals surface area contributed by atoms with Crippen molar-refractivity contribution in [2.45, 2.75) is 19.9 Å². The molecule has 1 N–H and O–H groups in total. The number of nitrogens with one attached hydrogen (secondary N) is 1. The Balaban J connectivity index is 2.05. The molecule has 0 aliphatic carbocycles. The standard InChI is InChI=1S/C17H20N2O/c1-14(2)19(16-11-7-4-8-12-16)17(20)13-18-15-9-5-3-6-10-15/h3-12,14,18H,13H2,1-2H3. The van der Waals surface area contributed by atoms with Gasteiger partial charge in [-0.15, -0.1) is 0 Å². The second-order valence-corrected chi connectivity index (χ2v) is 4.91. The van der Waals surface area contributed by atoms with Crippen LogP contribution in [0.3, 0.4) is 0 Å². The molecule has 0 saturated heterocycles. The summed E-state index contributed by atoms with van der Waals surface area (Å²) in [5.41, 5.74) is 1.89. The van der Waals surface area contributed by atoms with E-state index >= 15 is 0 Å². The van der Waals surface area contributed by atoms with Crippen molar-refractivity contribution in [2.75, 3.05) is 16.8 Å². The van der Waals surface area contributed by atoms with Crippen LogP contribution in [-0.4, -0.2) is 18.5 Å². The van der Waals surface area contributed by atoms with E-state index in [0.29, 0.717) is 0 Å². The molecular formula is C17H20N2O. The van der Waals surface area contributed by atoms with Gasteiger partial charge in [0, 0.05) is 17.4 Å². The maximum atomic E-state index is 12.4. The summed E-state index contributed by atoms with van der Waals surface area (Å²) < 4.78 is 0. The fourth-order valence-electron chi connectivity index (χ4n) is 2.14. The largest absolute Gasteiger partial charge is 0.376 e. The normalized spacial score (nSPS) is 10.3. The van der Waals surface area contributed by atoms with Gasteiger partial charge in [-0.1, -0.05) is 36.4 Å². The van der Waals surface area contributed by atoms with Crippen LogP contribution >= 0.6 is 0 Å². The predicted octanol–water partition coefficient (Wildman–Crippen LogP) is 3.54. The summed E-state index contributed by atoms with van der Waals surface area (Å²) >= 11 is 0. The minimum Gasteiger partial charge on any atom is -0.376 e. The highest BCUT2D eigenvalue weighted by Crippen LogP contribution is 2.17. The summed E-state index contributed by atoms with van der Waals surface area (Å²) in [6, 6.07) is 19.7. The minimum absolute atomic E-state index is 0.0649. The molecule has 0 aromatic heterocycles. The zero-order valence-corrected chi connectivity index (χ0v) is 11.9. The third-order valence-corrected chi connectivity index (χ3v) is 3.04. The molecule has 0 saturated carbocycles. The summed E-state index contributed by atoms with van der Waals surface area (Å²) in [4.78, 5) is 14.2. The highest BCUT2D eigenvalue weighted by molar-refractivity contribution is 5.96. The van der Waals surface area contributed by atoms with E-state index in [0.717, 1.165) is 11.4 Å². The van der Waals surface area contributed by atoms with E-state index in [1.165, 1.54) is 0 Å². The molecule has 2 aromatic rings. The average Bonchev–Trinajstić information content (AvgIpc) is 2.47. The summed E-state index contributed by atoms with van der Waals surface area (Å²) in [6.07, 6.45) is 0. The molecule has 2 rings (SSSR count). The van der Waals surface area contributed by atoms with Crippen molar-refractivity contribution in [3.8, 4) is 0 Å². The van der Waals surface area contributed by atoms with E-state index in [1.807, 2.05) is 79.4 Å². The molecule has 0 aliphatic heterocycles. The number of carbonyl (C=O) groups is 1. The first-order chi connectivity index (χ1) is 9.68. The summed E-state index contributed by atoms with van der Waals surface area (Å²) in [5, 5.41) is 3.16.